The van der Waals surface area contributed by atoms with Crippen molar-refractivity contribution in [3.63, 3.8) is 0 Å². The van der Waals surface area contributed by atoms with Gasteiger partial charge in [-0.2, -0.15) is 5.10 Å². The van der Waals surface area contributed by atoms with Crippen LogP contribution in [0.25, 0.3) is 10.9 Å². The van der Waals surface area contributed by atoms with Gasteiger partial charge in [-0.05, 0) is 36.4 Å². The maximum absolute atomic E-state index is 10.8. The van der Waals surface area contributed by atoms with Crippen LogP contribution in [0.1, 0.15) is 5.56 Å². The van der Waals surface area contributed by atoms with Crippen LogP contribution in [0.15, 0.2) is 53.8 Å². The number of phenolic OH excluding ortho intramolecular Hbond substituents is 1. The number of halogens is 1. The van der Waals surface area contributed by atoms with Crippen LogP contribution in [-0.2, 0) is 0 Å². The summed E-state index contributed by atoms with van der Waals surface area (Å²) in [6, 6.07) is 11.1. The van der Waals surface area contributed by atoms with E-state index in [4.69, 9.17) is 11.6 Å². The molecule has 0 amide bonds. The second kappa shape index (κ2) is 6.51. The van der Waals surface area contributed by atoms with Gasteiger partial charge in [-0.3, -0.25) is 20.5 Å². The number of fused-ring (bicyclic) bond motifs is 1. The van der Waals surface area contributed by atoms with Crippen LogP contribution in [0.3, 0.4) is 0 Å². The number of rotatable bonds is 4. The number of aromatic nitrogens is 1. The van der Waals surface area contributed by atoms with E-state index in [1.54, 1.807) is 24.4 Å². The highest BCUT2D eigenvalue weighted by atomic mass is 35.5. The van der Waals surface area contributed by atoms with Gasteiger partial charge in [0.1, 0.15) is 0 Å². The van der Waals surface area contributed by atoms with Gasteiger partial charge >= 0.3 is 5.69 Å². The van der Waals surface area contributed by atoms with Crippen molar-refractivity contribution in [2.75, 3.05) is 5.43 Å². The Morgan fingerprint density at radius 1 is 1.25 bits per heavy atom. The van der Waals surface area contributed by atoms with Crippen molar-refractivity contribution >= 4 is 40.1 Å². The second-order valence-electron chi connectivity index (χ2n) is 4.90. The molecule has 2 aromatic carbocycles. The highest BCUT2D eigenvalue weighted by molar-refractivity contribution is 6.31. The average Bonchev–Trinajstić information content (AvgIpc) is 2.56. The van der Waals surface area contributed by atoms with Crippen LogP contribution in [0, 0.1) is 10.1 Å². The molecule has 8 heteroatoms. The smallest absolute Gasteiger partial charge is 0.311 e. The molecular weight excluding hydrogens is 332 g/mol. The number of hydrogen-bond acceptors (Lipinski definition) is 6. The molecule has 0 atom stereocenters. The predicted molar refractivity (Wildman–Crippen MR) is 92.7 cm³/mol. The second-order valence-corrected chi connectivity index (χ2v) is 5.33. The quantitative estimate of drug-likeness (QED) is 0.424. The van der Waals surface area contributed by atoms with Crippen molar-refractivity contribution in [2.24, 2.45) is 5.10 Å². The Labute approximate surface area is 141 Å². The number of hydrogen-bond donors (Lipinski definition) is 2. The molecule has 0 aliphatic heterocycles. The van der Waals surface area contributed by atoms with Gasteiger partial charge in [0.2, 0.25) is 0 Å². The lowest BCUT2D eigenvalue weighted by molar-refractivity contribution is -0.385. The molecule has 1 heterocycles. The van der Waals surface area contributed by atoms with Gasteiger partial charge in [0.15, 0.2) is 5.75 Å². The first-order valence-corrected chi connectivity index (χ1v) is 7.23. The van der Waals surface area contributed by atoms with E-state index < -0.39 is 4.92 Å². The Kier molecular flexibility index (Phi) is 4.26. The predicted octanol–water partition coefficient (Wildman–Crippen LogP) is 3.95. The monoisotopic (exact) mass is 342 g/mol. The number of nitro benzene ring substituents is 1. The highest BCUT2D eigenvalue weighted by Crippen LogP contribution is 2.26. The Balaban J connectivity index is 1.85. The van der Waals surface area contributed by atoms with E-state index in [0.29, 0.717) is 10.6 Å². The molecule has 0 aliphatic carbocycles. The largest absolute Gasteiger partial charge is 0.502 e. The summed E-state index contributed by atoms with van der Waals surface area (Å²) in [5.74, 6) is -0.387. The standard InChI is InChI=1S/C16H11ClN4O3/c17-11-2-3-12-13(5-6-18-14(12)8-11)20-19-9-10-1-4-16(22)15(7-10)21(23)24/h1-9,22H,(H,18,20)/b19-9+. The fourth-order valence-electron chi connectivity index (χ4n) is 2.16. The average molecular weight is 343 g/mol. The maximum atomic E-state index is 10.8. The summed E-state index contributed by atoms with van der Waals surface area (Å²) < 4.78 is 0. The Bertz CT molecular complexity index is 959. The summed E-state index contributed by atoms with van der Waals surface area (Å²) in [4.78, 5) is 14.4. The van der Waals surface area contributed by atoms with Crippen LogP contribution in [0.4, 0.5) is 11.4 Å². The number of hydrazone groups is 1. The lowest BCUT2D eigenvalue weighted by atomic mass is 10.2. The number of pyridine rings is 1. The SMILES string of the molecule is O=[N+]([O-])c1cc(/C=N/Nc2ccnc3cc(Cl)ccc23)ccc1O. The molecule has 120 valence electrons. The van der Waals surface area contributed by atoms with Crippen molar-refractivity contribution in [1.29, 1.82) is 0 Å². The molecule has 2 N–H and O–H groups in total. The third-order valence-corrected chi connectivity index (χ3v) is 3.53. The number of nitro groups is 1. The molecule has 1 aromatic heterocycles. The molecule has 0 fully saturated rings. The van der Waals surface area contributed by atoms with Gasteiger partial charge in [0.05, 0.1) is 22.3 Å². The Hall–Kier alpha value is -3.19. The molecule has 0 saturated heterocycles. The molecule has 0 bridgehead atoms. The summed E-state index contributed by atoms with van der Waals surface area (Å²) in [5, 5.41) is 25.7. The summed E-state index contributed by atoms with van der Waals surface area (Å²) in [6.45, 7) is 0. The van der Waals surface area contributed by atoms with Gasteiger partial charge < -0.3 is 5.11 Å². The Morgan fingerprint density at radius 3 is 2.88 bits per heavy atom. The van der Waals surface area contributed by atoms with Crippen LogP contribution >= 0.6 is 11.6 Å². The molecule has 7 nitrogen and oxygen atoms in total. The molecule has 0 unspecified atom stereocenters. The molecule has 0 aliphatic rings. The topological polar surface area (TPSA) is 101 Å². The highest BCUT2D eigenvalue weighted by Gasteiger charge is 2.12. The number of phenols is 1. The van der Waals surface area contributed by atoms with E-state index in [0.717, 1.165) is 16.6 Å². The molecular formula is C16H11ClN4O3. The fraction of sp³-hybridized carbons (Fsp3) is 0. The Morgan fingerprint density at radius 2 is 2.08 bits per heavy atom. The van der Waals surface area contributed by atoms with Crippen molar-refractivity contribution in [2.45, 2.75) is 0 Å². The lowest BCUT2D eigenvalue weighted by Gasteiger charge is -2.05. The third kappa shape index (κ3) is 3.26. The minimum absolute atomic E-state index is 0.372. The summed E-state index contributed by atoms with van der Waals surface area (Å²) in [6.07, 6.45) is 3.05. The van der Waals surface area contributed by atoms with Crippen LogP contribution in [0.2, 0.25) is 5.02 Å². The van der Waals surface area contributed by atoms with Gasteiger partial charge in [-0.15, -0.1) is 0 Å². The summed E-state index contributed by atoms with van der Waals surface area (Å²) in [5.41, 5.74) is 4.43. The molecule has 0 radical (unpaired) electrons. The van der Waals surface area contributed by atoms with Gasteiger partial charge in [-0.1, -0.05) is 11.6 Å². The number of anilines is 1. The summed E-state index contributed by atoms with van der Waals surface area (Å²) >= 11 is 5.94. The van der Waals surface area contributed by atoms with Crippen LogP contribution < -0.4 is 5.43 Å². The first kappa shape index (κ1) is 15.7. The van der Waals surface area contributed by atoms with E-state index in [9.17, 15) is 15.2 Å². The van der Waals surface area contributed by atoms with Gasteiger partial charge in [0, 0.05) is 28.2 Å². The van der Waals surface area contributed by atoms with E-state index >= 15 is 0 Å². The maximum Gasteiger partial charge on any atom is 0.311 e. The molecule has 3 rings (SSSR count). The normalized spacial score (nSPS) is 11.0. The van der Waals surface area contributed by atoms with Gasteiger partial charge in [0.25, 0.3) is 0 Å². The fourth-order valence-corrected chi connectivity index (χ4v) is 2.33. The zero-order valence-electron chi connectivity index (χ0n) is 12.2. The van der Waals surface area contributed by atoms with E-state index in [1.165, 1.54) is 24.4 Å². The number of aromatic hydroxyl groups is 1. The van der Waals surface area contributed by atoms with Crippen molar-refractivity contribution in [3.8, 4) is 5.75 Å². The molecule has 0 saturated carbocycles. The van der Waals surface area contributed by atoms with Crippen LogP contribution in [0.5, 0.6) is 5.75 Å². The number of nitrogens with one attached hydrogen (secondary N) is 1. The third-order valence-electron chi connectivity index (χ3n) is 3.30. The minimum atomic E-state index is -0.653. The minimum Gasteiger partial charge on any atom is -0.502 e. The summed E-state index contributed by atoms with van der Waals surface area (Å²) in [7, 11) is 0. The molecule has 24 heavy (non-hydrogen) atoms. The van der Waals surface area contributed by atoms with E-state index in [1.807, 2.05) is 6.07 Å². The molecule has 0 spiro atoms. The zero-order chi connectivity index (χ0) is 17.1. The van der Waals surface area contributed by atoms with Crippen LogP contribution in [-0.4, -0.2) is 21.2 Å². The van der Waals surface area contributed by atoms with Crippen molar-refractivity contribution in [1.82, 2.24) is 4.98 Å². The zero-order valence-corrected chi connectivity index (χ0v) is 12.9. The first-order valence-electron chi connectivity index (χ1n) is 6.85. The number of benzene rings is 2. The van der Waals surface area contributed by atoms with E-state index in [2.05, 4.69) is 15.5 Å². The molecule has 3 aromatic rings. The first-order chi connectivity index (χ1) is 11.5. The lowest BCUT2D eigenvalue weighted by Crippen LogP contribution is -1.94. The van der Waals surface area contributed by atoms with E-state index in [-0.39, 0.29) is 11.4 Å². The van der Waals surface area contributed by atoms with Crippen molar-refractivity contribution < 1.29 is 10.0 Å². The number of nitrogens with zero attached hydrogens (tertiary/aromatic N) is 3. The van der Waals surface area contributed by atoms with Gasteiger partial charge in [-0.25, -0.2) is 0 Å². The van der Waals surface area contributed by atoms with Crippen molar-refractivity contribution in [3.05, 3.63) is 69.4 Å².